The van der Waals surface area contributed by atoms with E-state index < -0.39 is 8.07 Å². The van der Waals surface area contributed by atoms with Crippen LogP contribution in [0.3, 0.4) is 0 Å². The van der Waals surface area contributed by atoms with Crippen LogP contribution in [0.4, 0.5) is 5.82 Å². The molecule has 1 heterocycles. The molecule has 0 aliphatic rings. The Bertz CT molecular complexity index is 446. The Morgan fingerprint density at radius 2 is 2.00 bits per heavy atom. The molecule has 14 heavy (non-hydrogen) atoms. The van der Waals surface area contributed by atoms with E-state index in [-0.39, 0.29) is 5.56 Å². The first-order valence-corrected chi connectivity index (χ1v) is 7.90. The second-order valence-corrected chi connectivity index (χ2v) is 8.90. The summed E-state index contributed by atoms with van der Waals surface area (Å²) in [4.78, 5) is 13.4. The molecule has 1 aromatic rings. The number of anilines is 1. The van der Waals surface area contributed by atoms with Crippen LogP contribution in [0.2, 0.25) is 19.6 Å². The van der Waals surface area contributed by atoms with Crippen LogP contribution in [0.1, 0.15) is 5.56 Å². The molecule has 0 aliphatic carbocycles. The molecule has 0 amide bonds. The average Bonchev–Trinajstić information content (AvgIpc) is 2.00. The van der Waals surface area contributed by atoms with Crippen LogP contribution in [-0.4, -0.2) is 13.1 Å². The number of aromatic amines is 1. The number of aromatic nitrogens is 1. The SMILES string of the molecule is C[Si](C)(C)C#Cc1ccc(=O)[nH]c1N. The maximum atomic E-state index is 10.9. The van der Waals surface area contributed by atoms with Crippen LogP contribution in [0.15, 0.2) is 16.9 Å². The van der Waals surface area contributed by atoms with Crippen molar-refractivity contribution < 1.29 is 0 Å². The van der Waals surface area contributed by atoms with Crippen molar-refractivity contribution in [2.75, 3.05) is 5.73 Å². The van der Waals surface area contributed by atoms with E-state index in [1.165, 1.54) is 6.07 Å². The molecular formula is C10H14N2OSi. The van der Waals surface area contributed by atoms with Gasteiger partial charge in [-0.3, -0.25) is 4.79 Å². The number of hydrogen-bond donors (Lipinski definition) is 2. The fourth-order valence-corrected chi connectivity index (χ4v) is 1.36. The molecule has 74 valence electrons. The molecule has 0 atom stereocenters. The van der Waals surface area contributed by atoms with Crippen molar-refractivity contribution in [1.82, 2.24) is 4.98 Å². The van der Waals surface area contributed by atoms with Gasteiger partial charge in [0.2, 0.25) is 5.56 Å². The van der Waals surface area contributed by atoms with Gasteiger partial charge in [0.25, 0.3) is 0 Å². The Morgan fingerprint density at radius 1 is 1.36 bits per heavy atom. The summed E-state index contributed by atoms with van der Waals surface area (Å²) >= 11 is 0. The Morgan fingerprint density at radius 3 is 2.50 bits per heavy atom. The molecule has 1 rings (SSSR count). The fourth-order valence-electron chi connectivity index (χ4n) is 0.854. The van der Waals surface area contributed by atoms with Gasteiger partial charge in [-0.05, 0) is 6.07 Å². The lowest BCUT2D eigenvalue weighted by Crippen LogP contribution is -2.16. The summed E-state index contributed by atoms with van der Waals surface area (Å²) in [6.45, 7) is 6.46. The summed E-state index contributed by atoms with van der Waals surface area (Å²) in [5.41, 5.74) is 9.30. The number of H-pyrrole nitrogens is 1. The van der Waals surface area contributed by atoms with Gasteiger partial charge in [0, 0.05) is 6.07 Å². The standard InChI is InChI=1S/C10H14N2OSi/c1-14(2,3)7-6-8-4-5-9(13)12-10(8)11/h4-5H,1-3H3,(H3,11,12,13). The Hall–Kier alpha value is -1.47. The lowest BCUT2D eigenvalue weighted by atomic mass is 10.3. The third kappa shape index (κ3) is 3.11. The van der Waals surface area contributed by atoms with E-state index in [2.05, 4.69) is 36.1 Å². The quantitative estimate of drug-likeness (QED) is 0.495. The van der Waals surface area contributed by atoms with Crippen LogP contribution in [0.5, 0.6) is 0 Å². The summed E-state index contributed by atoms with van der Waals surface area (Å²) in [7, 11) is -1.39. The van der Waals surface area contributed by atoms with Gasteiger partial charge in [-0.2, -0.15) is 0 Å². The van der Waals surface area contributed by atoms with E-state index in [9.17, 15) is 4.79 Å². The first kappa shape index (κ1) is 10.6. The third-order valence-electron chi connectivity index (χ3n) is 1.52. The number of nitrogen functional groups attached to an aromatic ring is 1. The van der Waals surface area contributed by atoms with Crippen molar-refractivity contribution in [2.45, 2.75) is 19.6 Å². The molecule has 0 bridgehead atoms. The van der Waals surface area contributed by atoms with Gasteiger partial charge in [0.1, 0.15) is 13.9 Å². The topological polar surface area (TPSA) is 58.9 Å². The van der Waals surface area contributed by atoms with Crippen molar-refractivity contribution >= 4 is 13.9 Å². The molecule has 0 radical (unpaired) electrons. The lowest BCUT2D eigenvalue weighted by Gasteiger charge is -2.03. The van der Waals surface area contributed by atoms with E-state index in [4.69, 9.17) is 5.73 Å². The van der Waals surface area contributed by atoms with Gasteiger partial charge in [-0.25, -0.2) is 0 Å². The van der Waals surface area contributed by atoms with E-state index in [1.807, 2.05) is 0 Å². The second kappa shape index (κ2) is 3.72. The Balaban J connectivity index is 3.08. The van der Waals surface area contributed by atoms with Crippen LogP contribution < -0.4 is 11.3 Å². The highest BCUT2D eigenvalue weighted by molar-refractivity contribution is 6.83. The first-order valence-electron chi connectivity index (χ1n) is 4.40. The van der Waals surface area contributed by atoms with E-state index in [0.29, 0.717) is 11.4 Å². The normalized spacial score (nSPS) is 10.5. The van der Waals surface area contributed by atoms with Crippen molar-refractivity contribution in [1.29, 1.82) is 0 Å². The number of rotatable bonds is 0. The van der Waals surface area contributed by atoms with Crippen LogP contribution >= 0.6 is 0 Å². The minimum absolute atomic E-state index is 0.193. The van der Waals surface area contributed by atoms with E-state index in [1.54, 1.807) is 6.07 Å². The third-order valence-corrected chi connectivity index (χ3v) is 2.40. The molecule has 0 saturated heterocycles. The number of hydrogen-bond acceptors (Lipinski definition) is 2. The zero-order valence-corrected chi connectivity index (χ0v) is 9.64. The summed E-state index contributed by atoms with van der Waals surface area (Å²) < 4.78 is 0. The highest BCUT2D eigenvalue weighted by atomic mass is 28.3. The number of nitrogens with two attached hydrogens (primary N) is 1. The molecule has 0 saturated carbocycles. The maximum absolute atomic E-state index is 10.9. The highest BCUT2D eigenvalue weighted by Crippen LogP contribution is 2.04. The van der Waals surface area contributed by atoms with Gasteiger partial charge in [0.05, 0.1) is 5.56 Å². The second-order valence-electron chi connectivity index (χ2n) is 4.15. The smallest absolute Gasteiger partial charge is 0.249 e. The van der Waals surface area contributed by atoms with Gasteiger partial charge < -0.3 is 10.7 Å². The monoisotopic (exact) mass is 206 g/mol. The van der Waals surface area contributed by atoms with Crippen LogP contribution in [0, 0.1) is 11.5 Å². The molecule has 1 aromatic heterocycles. The number of pyridine rings is 1. The molecule has 0 spiro atoms. The predicted molar refractivity (Wildman–Crippen MR) is 61.7 cm³/mol. The minimum Gasteiger partial charge on any atom is -0.384 e. The summed E-state index contributed by atoms with van der Waals surface area (Å²) in [5.74, 6) is 3.35. The Kier molecular flexibility index (Phi) is 2.82. The molecule has 4 heteroatoms. The maximum Gasteiger partial charge on any atom is 0.249 e. The molecule has 0 fully saturated rings. The van der Waals surface area contributed by atoms with E-state index >= 15 is 0 Å². The summed E-state index contributed by atoms with van der Waals surface area (Å²) in [6, 6.07) is 3.09. The molecule has 3 N–H and O–H groups in total. The molecule has 0 unspecified atom stereocenters. The lowest BCUT2D eigenvalue weighted by molar-refractivity contribution is 1.24. The molecule has 0 aliphatic heterocycles. The molecular weight excluding hydrogens is 192 g/mol. The van der Waals surface area contributed by atoms with Crippen molar-refractivity contribution in [2.24, 2.45) is 0 Å². The van der Waals surface area contributed by atoms with Crippen LogP contribution in [-0.2, 0) is 0 Å². The van der Waals surface area contributed by atoms with Gasteiger partial charge in [-0.1, -0.05) is 25.6 Å². The molecule has 0 aromatic carbocycles. The van der Waals surface area contributed by atoms with E-state index in [0.717, 1.165) is 0 Å². The van der Waals surface area contributed by atoms with Gasteiger partial charge >= 0.3 is 0 Å². The van der Waals surface area contributed by atoms with Crippen LogP contribution in [0.25, 0.3) is 0 Å². The largest absolute Gasteiger partial charge is 0.384 e. The molecule has 3 nitrogen and oxygen atoms in total. The first-order chi connectivity index (χ1) is 6.38. The summed E-state index contributed by atoms with van der Waals surface area (Å²) in [6.07, 6.45) is 0. The van der Waals surface area contributed by atoms with Crippen molar-refractivity contribution in [3.05, 3.63) is 28.0 Å². The van der Waals surface area contributed by atoms with Gasteiger partial charge in [-0.15, -0.1) is 5.54 Å². The zero-order valence-electron chi connectivity index (χ0n) is 8.64. The van der Waals surface area contributed by atoms with Gasteiger partial charge in [0.15, 0.2) is 0 Å². The predicted octanol–water partition coefficient (Wildman–Crippen LogP) is 1.19. The zero-order chi connectivity index (χ0) is 10.8. The minimum atomic E-state index is -1.39. The van der Waals surface area contributed by atoms with Crippen molar-refractivity contribution in [3.8, 4) is 11.5 Å². The fraction of sp³-hybridized carbons (Fsp3) is 0.300. The Labute approximate surface area is 84.4 Å². The van der Waals surface area contributed by atoms with Crippen molar-refractivity contribution in [3.63, 3.8) is 0 Å². The highest BCUT2D eigenvalue weighted by Gasteiger charge is 2.07. The summed E-state index contributed by atoms with van der Waals surface area (Å²) in [5, 5.41) is 0. The number of nitrogens with one attached hydrogen (secondary N) is 1. The average molecular weight is 206 g/mol.